The molecule has 2 rings (SSSR count). The Balaban J connectivity index is 2.23. The van der Waals surface area contributed by atoms with Crippen molar-refractivity contribution in [2.24, 2.45) is 17.8 Å². The molecule has 2 heteroatoms. The molecule has 1 aliphatic rings. The zero-order valence-corrected chi connectivity index (χ0v) is 13.5. The van der Waals surface area contributed by atoms with Crippen LogP contribution in [0, 0.1) is 17.8 Å². The van der Waals surface area contributed by atoms with E-state index in [1.54, 1.807) is 0 Å². The molecule has 106 valence electrons. The fourth-order valence-electron chi connectivity index (χ4n) is 3.85. The fraction of sp³-hybridized carbons (Fsp3) is 0.647. The largest absolute Gasteiger partial charge is 0.313 e. The van der Waals surface area contributed by atoms with Crippen molar-refractivity contribution in [2.75, 3.05) is 13.3 Å². The summed E-state index contributed by atoms with van der Waals surface area (Å²) in [6.45, 7) is 4.83. The molecule has 0 aliphatic heterocycles. The molecule has 1 saturated carbocycles. The number of benzene rings is 1. The maximum atomic E-state index is 3.59. The molecule has 1 nitrogen and oxygen atoms in total. The highest BCUT2D eigenvalue weighted by Gasteiger charge is 2.30. The minimum Gasteiger partial charge on any atom is -0.313 e. The summed E-state index contributed by atoms with van der Waals surface area (Å²) in [5.41, 5.74) is 1.49. The summed E-state index contributed by atoms with van der Waals surface area (Å²) in [6.07, 6.45) is 6.30. The topological polar surface area (TPSA) is 12.0 Å². The monoisotopic (exact) mass is 277 g/mol. The van der Waals surface area contributed by atoms with Gasteiger partial charge in [-0.2, -0.15) is 0 Å². The van der Waals surface area contributed by atoms with E-state index in [-0.39, 0.29) is 0 Å². The number of nitrogens with one attached hydrogen (secondary N) is 1. The molecule has 0 aromatic heterocycles. The van der Waals surface area contributed by atoms with Crippen LogP contribution in [0.4, 0.5) is 0 Å². The zero-order chi connectivity index (χ0) is 13.8. The van der Waals surface area contributed by atoms with Crippen LogP contribution >= 0.6 is 11.8 Å². The van der Waals surface area contributed by atoms with Crippen molar-refractivity contribution in [1.82, 2.24) is 5.32 Å². The van der Waals surface area contributed by atoms with Crippen molar-refractivity contribution in [3.8, 4) is 0 Å². The molecule has 0 amide bonds. The summed E-state index contributed by atoms with van der Waals surface area (Å²) < 4.78 is 0. The Morgan fingerprint density at radius 2 is 1.74 bits per heavy atom. The van der Waals surface area contributed by atoms with Crippen LogP contribution in [-0.4, -0.2) is 13.3 Å². The Labute approximate surface area is 122 Å². The highest BCUT2D eigenvalue weighted by Crippen LogP contribution is 2.41. The second-order valence-electron chi connectivity index (χ2n) is 6.19. The van der Waals surface area contributed by atoms with Crippen LogP contribution in [0.2, 0.25) is 0 Å². The third-order valence-corrected chi connectivity index (χ3v) is 5.28. The predicted molar refractivity (Wildman–Crippen MR) is 85.7 cm³/mol. The lowest BCUT2D eigenvalue weighted by molar-refractivity contribution is 0.179. The van der Waals surface area contributed by atoms with Gasteiger partial charge in [0.2, 0.25) is 0 Å². The molecule has 0 spiro atoms. The second kappa shape index (κ2) is 6.81. The first-order chi connectivity index (χ1) is 9.15. The van der Waals surface area contributed by atoms with Crippen molar-refractivity contribution in [2.45, 2.75) is 44.0 Å². The average molecular weight is 277 g/mol. The molecule has 1 aromatic carbocycles. The highest BCUT2D eigenvalue weighted by molar-refractivity contribution is 7.98. The fourth-order valence-corrected chi connectivity index (χ4v) is 4.50. The van der Waals surface area contributed by atoms with Crippen molar-refractivity contribution in [1.29, 1.82) is 0 Å². The molecule has 3 unspecified atom stereocenters. The number of rotatable bonds is 4. The normalized spacial score (nSPS) is 29.2. The highest BCUT2D eigenvalue weighted by atomic mass is 32.2. The molecule has 0 heterocycles. The Morgan fingerprint density at radius 3 is 2.32 bits per heavy atom. The number of thioether (sulfide) groups is 1. The summed E-state index contributed by atoms with van der Waals surface area (Å²) in [7, 11) is 2.12. The van der Waals surface area contributed by atoms with E-state index in [9.17, 15) is 0 Å². The van der Waals surface area contributed by atoms with Crippen LogP contribution in [0.3, 0.4) is 0 Å². The Kier molecular flexibility index (Phi) is 5.35. The summed E-state index contributed by atoms with van der Waals surface area (Å²) >= 11 is 1.86. The minimum absolute atomic E-state index is 0.508. The predicted octanol–water partition coefficient (Wildman–Crippen LogP) is 4.74. The lowest BCUT2D eigenvalue weighted by Gasteiger charge is -2.37. The molecule has 19 heavy (non-hydrogen) atoms. The third-order valence-electron chi connectivity index (χ3n) is 4.47. The van der Waals surface area contributed by atoms with E-state index in [0.717, 1.165) is 17.8 Å². The maximum absolute atomic E-state index is 3.59. The smallest absolute Gasteiger partial charge is 0.0357 e. The van der Waals surface area contributed by atoms with Gasteiger partial charge in [-0.05, 0) is 61.9 Å². The van der Waals surface area contributed by atoms with Gasteiger partial charge in [-0.1, -0.05) is 32.0 Å². The first-order valence-corrected chi connectivity index (χ1v) is 8.68. The van der Waals surface area contributed by atoms with E-state index in [1.165, 1.54) is 29.7 Å². The second-order valence-corrected chi connectivity index (χ2v) is 7.03. The van der Waals surface area contributed by atoms with Gasteiger partial charge in [0.25, 0.3) is 0 Å². The Hall–Kier alpha value is -0.470. The number of hydrogen-bond donors (Lipinski definition) is 1. The van der Waals surface area contributed by atoms with E-state index in [2.05, 4.69) is 56.7 Å². The van der Waals surface area contributed by atoms with Crippen LogP contribution in [0.25, 0.3) is 0 Å². The first kappa shape index (κ1) is 14.9. The van der Waals surface area contributed by atoms with E-state index in [0.29, 0.717) is 6.04 Å². The van der Waals surface area contributed by atoms with Gasteiger partial charge in [-0.3, -0.25) is 0 Å². The summed E-state index contributed by atoms with van der Waals surface area (Å²) in [5, 5.41) is 3.59. The van der Waals surface area contributed by atoms with E-state index in [4.69, 9.17) is 0 Å². The minimum atomic E-state index is 0.508. The molecule has 1 aromatic rings. The summed E-state index contributed by atoms with van der Waals surface area (Å²) in [4.78, 5) is 1.42. The van der Waals surface area contributed by atoms with Gasteiger partial charge in [-0.25, -0.2) is 0 Å². The molecular formula is C17H27NS. The molecule has 0 radical (unpaired) electrons. The van der Waals surface area contributed by atoms with Gasteiger partial charge in [0.1, 0.15) is 0 Å². The van der Waals surface area contributed by atoms with E-state index < -0.39 is 0 Å². The van der Waals surface area contributed by atoms with Crippen LogP contribution in [0.5, 0.6) is 0 Å². The van der Waals surface area contributed by atoms with Gasteiger partial charge in [0.15, 0.2) is 0 Å². The first-order valence-electron chi connectivity index (χ1n) is 7.45. The summed E-state index contributed by atoms with van der Waals surface area (Å²) in [5.74, 6) is 2.51. The molecule has 3 atom stereocenters. The SMILES string of the molecule is CNC(c1ccccc1SC)C1CC(C)CC(C)C1. The van der Waals surface area contributed by atoms with Gasteiger partial charge >= 0.3 is 0 Å². The Morgan fingerprint density at radius 1 is 1.11 bits per heavy atom. The standard InChI is InChI=1S/C17H27NS/c1-12-9-13(2)11-14(10-12)17(18-3)15-7-5-6-8-16(15)19-4/h5-8,12-14,17-18H,9-11H2,1-4H3. The molecule has 0 saturated heterocycles. The lowest BCUT2D eigenvalue weighted by Crippen LogP contribution is -2.31. The van der Waals surface area contributed by atoms with Crippen LogP contribution in [-0.2, 0) is 0 Å². The van der Waals surface area contributed by atoms with E-state index >= 15 is 0 Å². The van der Waals surface area contributed by atoms with Gasteiger partial charge < -0.3 is 5.32 Å². The van der Waals surface area contributed by atoms with Crippen molar-refractivity contribution in [3.05, 3.63) is 29.8 Å². The molecule has 0 bridgehead atoms. The maximum Gasteiger partial charge on any atom is 0.0357 e. The molecule has 1 N–H and O–H groups in total. The van der Waals surface area contributed by atoms with Gasteiger partial charge in [-0.15, -0.1) is 11.8 Å². The number of hydrogen-bond acceptors (Lipinski definition) is 2. The Bertz CT molecular complexity index is 394. The summed E-state index contributed by atoms with van der Waals surface area (Å²) in [6, 6.07) is 9.38. The van der Waals surface area contributed by atoms with Crippen molar-refractivity contribution in [3.63, 3.8) is 0 Å². The quantitative estimate of drug-likeness (QED) is 0.798. The lowest BCUT2D eigenvalue weighted by atomic mass is 9.72. The average Bonchev–Trinajstić information content (AvgIpc) is 2.39. The third kappa shape index (κ3) is 3.55. The molecular weight excluding hydrogens is 250 g/mol. The van der Waals surface area contributed by atoms with E-state index in [1.807, 2.05) is 11.8 Å². The van der Waals surface area contributed by atoms with Gasteiger partial charge in [0.05, 0.1) is 0 Å². The van der Waals surface area contributed by atoms with Crippen LogP contribution < -0.4 is 5.32 Å². The zero-order valence-electron chi connectivity index (χ0n) is 12.6. The van der Waals surface area contributed by atoms with Crippen molar-refractivity contribution >= 4 is 11.8 Å². The molecule has 1 fully saturated rings. The van der Waals surface area contributed by atoms with Crippen LogP contribution in [0.1, 0.15) is 44.7 Å². The molecule has 1 aliphatic carbocycles. The van der Waals surface area contributed by atoms with Crippen LogP contribution in [0.15, 0.2) is 29.2 Å². The van der Waals surface area contributed by atoms with Crippen molar-refractivity contribution < 1.29 is 0 Å². The van der Waals surface area contributed by atoms with Gasteiger partial charge in [0, 0.05) is 10.9 Å².